The molecule has 104 valence electrons. The summed E-state index contributed by atoms with van der Waals surface area (Å²) in [6.07, 6.45) is 4.47. The number of benzene rings is 1. The molecule has 0 aliphatic carbocycles. The third-order valence-corrected chi connectivity index (χ3v) is 3.46. The number of halogens is 1. The van der Waals surface area contributed by atoms with Crippen LogP contribution >= 0.6 is 0 Å². The highest BCUT2D eigenvalue weighted by atomic mass is 19.1. The smallest absolute Gasteiger partial charge is 0.144 e. The topological polar surface area (TPSA) is 41.1 Å². The quantitative estimate of drug-likeness (QED) is 0.929. The number of hydrogen-bond acceptors (Lipinski definition) is 4. The van der Waals surface area contributed by atoms with E-state index < -0.39 is 0 Å². The number of aromatic nitrogens is 2. The van der Waals surface area contributed by atoms with Gasteiger partial charge in [0.25, 0.3) is 0 Å². The van der Waals surface area contributed by atoms with Gasteiger partial charge in [0.2, 0.25) is 0 Å². The second-order valence-corrected chi connectivity index (χ2v) is 4.87. The lowest BCUT2D eigenvalue weighted by Crippen LogP contribution is -2.20. The maximum atomic E-state index is 13.3. The van der Waals surface area contributed by atoms with Crippen molar-refractivity contribution in [2.75, 3.05) is 23.3 Å². The van der Waals surface area contributed by atoms with Crippen LogP contribution in [0.4, 0.5) is 15.9 Å². The molecule has 1 N–H and O–H groups in total. The van der Waals surface area contributed by atoms with Crippen molar-refractivity contribution in [2.45, 2.75) is 19.9 Å². The van der Waals surface area contributed by atoms with Gasteiger partial charge < -0.3 is 10.2 Å². The Morgan fingerprint density at radius 1 is 1.30 bits per heavy atom. The molecule has 0 radical (unpaired) electrons. The van der Waals surface area contributed by atoms with Gasteiger partial charge in [0, 0.05) is 18.8 Å². The van der Waals surface area contributed by atoms with E-state index in [0.29, 0.717) is 6.54 Å². The SMILES string of the molecule is CCNc1cnc(CN2CCc3ccc(F)cc32)cn1. The normalized spacial score (nSPS) is 13.4. The highest BCUT2D eigenvalue weighted by molar-refractivity contribution is 5.58. The minimum Gasteiger partial charge on any atom is -0.369 e. The Morgan fingerprint density at radius 2 is 2.20 bits per heavy atom. The largest absolute Gasteiger partial charge is 0.369 e. The van der Waals surface area contributed by atoms with E-state index in [0.717, 1.165) is 36.7 Å². The zero-order valence-corrected chi connectivity index (χ0v) is 11.4. The van der Waals surface area contributed by atoms with Crippen LogP contribution in [-0.4, -0.2) is 23.1 Å². The first kappa shape index (κ1) is 12.8. The first-order valence-corrected chi connectivity index (χ1v) is 6.84. The van der Waals surface area contributed by atoms with E-state index in [1.807, 2.05) is 13.0 Å². The summed E-state index contributed by atoms with van der Waals surface area (Å²) in [6.45, 7) is 4.41. The molecule has 0 bridgehead atoms. The van der Waals surface area contributed by atoms with Crippen molar-refractivity contribution in [3.63, 3.8) is 0 Å². The minimum absolute atomic E-state index is 0.191. The van der Waals surface area contributed by atoms with Crippen LogP contribution in [0.15, 0.2) is 30.6 Å². The van der Waals surface area contributed by atoms with Crippen LogP contribution < -0.4 is 10.2 Å². The number of nitrogens with zero attached hydrogens (tertiary/aromatic N) is 3. The fraction of sp³-hybridized carbons (Fsp3) is 0.333. The Kier molecular flexibility index (Phi) is 3.50. The second-order valence-electron chi connectivity index (χ2n) is 4.87. The van der Waals surface area contributed by atoms with E-state index in [1.54, 1.807) is 18.5 Å². The number of nitrogens with one attached hydrogen (secondary N) is 1. The second kappa shape index (κ2) is 5.45. The lowest BCUT2D eigenvalue weighted by molar-refractivity contribution is 0.627. The van der Waals surface area contributed by atoms with E-state index in [4.69, 9.17) is 0 Å². The Hall–Kier alpha value is -2.17. The van der Waals surface area contributed by atoms with Crippen molar-refractivity contribution in [2.24, 2.45) is 0 Å². The van der Waals surface area contributed by atoms with Crippen LogP contribution in [-0.2, 0) is 13.0 Å². The summed E-state index contributed by atoms with van der Waals surface area (Å²) in [6, 6.07) is 4.99. The fourth-order valence-electron chi connectivity index (χ4n) is 2.49. The fourth-order valence-corrected chi connectivity index (χ4v) is 2.49. The Morgan fingerprint density at radius 3 is 2.95 bits per heavy atom. The van der Waals surface area contributed by atoms with Gasteiger partial charge in [-0.15, -0.1) is 0 Å². The number of rotatable bonds is 4. The van der Waals surface area contributed by atoms with Gasteiger partial charge in [-0.1, -0.05) is 6.07 Å². The summed E-state index contributed by atoms with van der Waals surface area (Å²) in [5.41, 5.74) is 3.06. The molecule has 0 fully saturated rings. The van der Waals surface area contributed by atoms with E-state index >= 15 is 0 Å². The first-order valence-electron chi connectivity index (χ1n) is 6.84. The van der Waals surface area contributed by atoms with Gasteiger partial charge in [-0.2, -0.15) is 0 Å². The molecule has 1 aromatic carbocycles. The highest BCUT2D eigenvalue weighted by Crippen LogP contribution is 2.29. The lowest BCUT2D eigenvalue weighted by atomic mass is 10.2. The zero-order valence-electron chi connectivity index (χ0n) is 11.4. The van der Waals surface area contributed by atoms with Crippen LogP contribution in [0.3, 0.4) is 0 Å². The van der Waals surface area contributed by atoms with Gasteiger partial charge in [0.1, 0.15) is 11.6 Å². The standard InChI is InChI=1S/C15H17FN4/c1-2-17-15-9-18-13(8-19-15)10-20-6-5-11-3-4-12(16)7-14(11)20/h3-4,7-9H,2,5-6,10H2,1H3,(H,17,19). The Bertz CT molecular complexity index is 597. The molecular weight excluding hydrogens is 255 g/mol. The predicted molar refractivity (Wildman–Crippen MR) is 77.3 cm³/mol. The van der Waals surface area contributed by atoms with Crippen LogP contribution in [0, 0.1) is 5.82 Å². The lowest BCUT2D eigenvalue weighted by Gasteiger charge is -2.18. The third kappa shape index (κ3) is 2.57. The molecule has 2 heterocycles. The monoisotopic (exact) mass is 272 g/mol. The van der Waals surface area contributed by atoms with Crippen LogP contribution in [0.5, 0.6) is 0 Å². The van der Waals surface area contributed by atoms with E-state index in [1.165, 1.54) is 11.6 Å². The van der Waals surface area contributed by atoms with Crippen LogP contribution in [0.2, 0.25) is 0 Å². The molecule has 4 nitrogen and oxygen atoms in total. The van der Waals surface area contributed by atoms with Crippen molar-refractivity contribution in [3.05, 3.63) is 47.7 Å². The summed E-state index contributed by atoms with van der Waals surface area (Å²) < 4.78 is 13.3. The van der Waals surface area contributed by atoms with E-state index in [9.17, 15) is 4.39 Å². The van der Waals surface area contributed by atoms with Crippen molar-refractivity contribution >= 4 is 11.5 Å². The molecule has 0 saturated carbocycles. The van der Waals surface area contributed by atoms with E-state index in [2.05, 4.69) is 20.2 Å². The average molecular weight is 272 g/mol. The maximum Gasteiger partial charge on any atom is 0.144 e. The number of fused-ring (bicyclic) bond motifs is 1. The number of anilines is 2. The Balaban J connectivity index is 1.75. The molecule has 0 unspecified atom stereocenters. The summed E-state index contributed by atoms with van der Waals surface area (Å²) in [7, 11) is 0. The summed E-state index contributed by atoms with van der Waals surface area (Å²) in [5, 5.41) is 3.11. The predicted octanol–water partition coefficient (Wildman–Crippen LogP) is 2.61. The van der Waals surface area contributed by atoms with Gasteiger partial charge in [-0.25, -0.2) is 9.37 Å². The van der Waals surface area contributed by atoms with Crippen molar-refractivity contribution in [3.8, 4) is 0 Å². The molecule has 2 aromatic rings. The van der Waals surface area contributed by atoms with Crippen molar-refractivity contribution in [1.29, 1.82) is 0 Å². The summed E-state index contributed by atoms with van der Waals surface area (Å²) >= 11 is 0. The van der Waals surface area contributed by atoms with Crippen LogP contribution in [0.1, 0.15) is 18.2 Å². The Labute approximate surface area is 117 Å². The zero-order chi connectivity index (χ0) is 13.9. The average Bonchev–Trinajstić information content (AvgIpc) is 2.84. The molecular formula is C15H17FN4. The van der Waals surface area contributed by atoms with Gasteiger partial charge in [0.15, 0.2) is 0 Å². The molecule has 0 atom stereocenters. The summed E-state index contributed by atoms with van der Waals surface area (Å²) in [5.74, 6) is 0.591. The van der Waals surface area contributed by atoms with Crippen molar-refractivity contribution in [1.82, 2.24) is 9.97 Å². The minimum atomic E-state index is -0.191. The molecule has 1 aliphatic heterocycles. The van der Waals surface area contributed by atoms with Gasteiger partial charge in [-0.05, 0) is 31.0 Å². The molecule has 0 spiro atoms. The maximum absolute atomic E-state index is 13.3. The first-order chi connectivity index (χ1) is 9.76. The third-order valence-electron chi connectivity index (χ3n) is 3.46. The van der Waals surface area contributed by atoms with Gasteiger partial charge >= 0.3 is 0 Å². The van der Waals surface area contributed by atoms with Crippen molar-refractivity contribution < 1.29 is 4.39 Å². The molecule has 0 amide bonds. The van der Waals surface area contributed by atoms with Gasteiger partial charge in [0.05, 0.1) is 24.6 Å². The molecule has 5 heteroatoms. The molecule has 1 aliphatic rings. The summed E-state index contributed by atoms with van der Waals surface area (Å²) in [4.78, 5) is 10.9. The molecule has 3 rings (SSSR count). The molecule has 0 saturated heterocycles. The highest BCUT2D eigenvalue weighted by Gasteiger charge is 2.20. The number of hydrogen-bond donors (Lipinski definition) is 1. The van der Waals surface area contributed by atoms with E-state index in [-0.39, 0.29) is 5.82 Å². The van der Waals surface area contributed by atoms with Crippen LogP contribution in [0.25, 0.3) is 0 Å². The molecule has 20 heavy (non-hydrogen) atoms. The van der Waals surface area contributed by atoms with Gasteiger partial charge in [-0.3, -0.25) is 4.98 Å². The molecule has 1 aromatic heterocycles.